The van der Waals surface area contributed by atoms with Crippen LogP contribution in [0.3, 0.4) is 0 Å². The second-order valence-corrected chi connectivity index (χ2v) is 3.71. The van der Waals surface area contributed by atoms with Crippen LogP contribution in [0.1, 0.15) is 0 Å². The van der Waals surface area contributed by atoms with Gasteiger partial charge in [-0.1, -0.05) is 6.07 Å². The molecule has 0 bridgehead atoms. The predicted molar refractivity (Wildman–Crippen MR) is 53.9 cm³/mol. The molecule has 1 aliphatic heterocycles. The largest absolute Gasteiger partial charge is 0.353 e. The van der Waals surface area contributed by atoms with Crippen LogP contribution in [0.25, 0.3) is 0 Å². The molecule has 2 heterocycles. The third-order valence-electron chi connectivity index (χ3n) is 2.57. The average Bonchev–Trinajstić information content (AvgIpc) is 2.02. The molecule has 0 amide bonds. The molecular formula is C10H15N3. The molecule has 3 heteroatoms. The van der Waals surface area contributed by atoms with Gasteiger partial charge in [-0.3, -0.25) is 0 Å². The number of nitrogens with zero attached hydrogens (tertiary/aromatic N) is 3. The van der Waals surface area contributed by atoms with Gasteiger partial charge in [0.2, 0.25) is 0 Å². The first-order valence-electron chi connectivity index (χ1n) is 4.60. The van der Waals surface area contributed by atoms with Crippen LogP contribution >= 0.6 is 0 Å². The second kappa shape index (κ2) is 3.34. The van der Waals surface area contributed by atoms with Crippen molar-refractivity contribution in [3.05, 3.63) is 24.4 Å². The molecule has 1 aromatic rings. The number of rotatable bonds is 2. The van der Waals surface area contributed by atoms with Gasteiger partial charge < -0.3 is 9.80 Å². The third-order valence-corrected chi connectivity index (χ3v) is 2.57. The summed E-state index contributed by atoms with van der Waals surface area (Å²) in [6, 6.07) is 6.74. The van der Waals surface area contributed by atoms with Crippen LogP contribution in [0.4, 0.5) is 5.82 Å². The van der Waals surface area contributed by atoms with Gasteiger partial charge in [0.15, 0.2) is 0 Å². The Balaban J connectivity index is 1.94. The van der Waals surface area contributed by atoms with Gasteiger partial charge in [0.25, 0.3) is 0 Å². The van der Waals surface area contributed by atoms with E-state index in [1.54, 1.807) is 0 Å². The highest BCUT2D eigenvalue weighted by Crippen LogP contribution is 2.19. The lowest BCUT2D eigenvalue weighted by molar-refractivity contribution is 0.246. The Morgan fingerprint density at radius 1 is 1.38 bits per heavy atom. The molecule has 1 fully saturated rings. The van der Waals surface area contributed by atoms with Crippen molar-refractivity contribution in [2.45, 2.75) is 6.04 Å². The summed E-state index contributed by atoms with van der Waals surface area (Å²) in [7, 11) is 4.25. The van der Waals surface area contributed by atoms with Gasteiger partial charge >= 0.3 is 0 Å². The number of hydrogen-bond acceptors (Lipinski definition) is 3. The van der Waals surface area contributed by atoms with Crippen molar-refractivity contribution < 1.29 is 0 Å². The Kier molecular flexibility index (Phi) is 2.19. The van der Waals surface area contributed by atoms with E-state index < -0.39 is 0 Å². The van der Waals surface area contributed by atoms with Crippen molar-refractivity contribution in [1.29, 1.82) is 0 Å². The highest BCUT2D eigenvalue weighted by atomic mass is 15.3. The molecule has 1 aromatic heterocycles. The topological polar surface area (TPSA) is 19.4 Å². The van der Waals surface area contributed by atoms with E-state index in [1.165, 1.54) is 0 Å². The van der Waals surface area contributed by atoms with Crippen LogP contribution in [0.2, 0.25) is 0 Å². The van der Waals surface area contributed by atoms with Crippen LogP contribution in [0, 0.1) is 0 Å². The summed E-state index contributed by atoms with van der Waals surface area (Å²) < 4.78 is 0. The molecule has 3 nitrogen and oxygen atoms in total. The molecule has 0 atom stereocenters. The second-order valence-electron chi connectivity index (χ2n) is 3.71. The molecule has 0 saturated carbocycles. The van der Waals surface area contributed by atoms with Crippen molar-refractivity contribution in [2.75, 3.05) is 32.1 Å². The summed E-state index contributed by atoms with van der Waals surface area (Å²) in [6.45, 7) is 2.20. The fraction of sp³-hybridized carbons (Fsp3) is 0.500. The van der Waals surface area contributed by atoms with Crippen LogP contribution < -0.4 is 4.90 Å². The van der Waals surface area contributed by atoms with Gasteiger partial charge in [-0.25, -0.2) is 4.98 Å². The van der Waals surface area contributed by atoms with Crippen molar-refractivity contribution in [2.24, 2.45) is 0 Å². The van der Waals surface area contributed by atoms with Gasteiger partial charge in [-0.15, -0.1) is 0 Å². The summed E-state index contributed by atoms with van der Waals surface area (Å²) in [5.41, 5.74) is 0. The first kappa shape index (κ1) is 8.51. The molecule has 0 N–H and O–H groups in total. The highest BCUT2D eigenvalue weighted by molar-refractivity contribution is 5.41. The molecule has 1 saturated heterocycles. The Morgan fingerprint density at radius 2 is 2.15 bits per heavy atom. The minimum atomic E-state index is 0.696. The molecule has 0 unspecified atom stereocenters. The van der Waals surface area contributed by atoms with Crippen molar-refractivity contribution >= 4 is 5.82 Å². The zero-order valence-corrected chi connectivity index (χ0v) is 8.14. The van der Waals surface area contributed by atoms with E-state index in [0.717, 1.165) is 18.9 Å². The molecule has 70 valence electrons. The summed E-state index contributed by atoms with van der Waals surface area (Å²) >= 11 is 0. The van der Waals surface area contributed by atoms with Crippen LogP contribution in [-0.4, -0.2) is 43.1 Å². The monoisotopic (exact) mass is 177 g/mol. The zero-order valence-electron chi connectivity index (χ0n) is 8.14. The summed E-state index contributed by atoms with van der Waals surface area (Å²) in [5.74, 6) is 1.10. The Hall–Kier alpha value is -1.09. The van der Waals surface area contributed by atoms with Crippen molar-refractivity contribution in [1.82, 2.24) is 9.88 Å². The van der Waals surface area contributed by atoms with Crippen LogP contribution in [-0.2, 0) is 0 Å². The van der Waals surface area contributed by atoms with E-state index in [2.05, 4.69) is 34.9 Å². The fourth-order valence-electron chi connectivity index (χ4n) is 1.51. The van der Waals surface area contributed by atoms with Crippen LogP contribution in [0.15, 0.2) is 24.4 Å². The molecule has 13 heavy (non-hydrogen) atoms. The number of pyridine rings is 1. The van der Waals surface area contributed by atoms with Crippen molar-refractivity contribution in [3.63, 3.8) is 0 Å². The smallest absolute Gasteiger partial charge is 0.128 e. The number of anilines is 1. The van der Waals surface area contributed by atoms with E-state index in [1.807, 2.05) is 18.3 Å². The average molecular weight is 177 g/mol. The van der Waals surface area contributed by atoms with Gasteiger partial charge in [-0.2, -0.15) is 0 Å². The van der Waals surface area contributed by atoms with E-state index in [0.29, 0.717) is 6.04 Å². The van der Waals surface area contributed by atoms with Crippen molar-refractivity contribution in [3.8, 4) is 0 Å². The van der Waals surface area contributed by atoms with Gasteiger partial charge in [0.05, 0.1) is 0 Å². The molecule has 0 radical (unpaired) electrons. The maximum absolute atomic E-state index is 4.30. The Bertz CT molecular complexity index is 265. The van der Waals surface area contributed by atoms with Gasteiger partial charge in [0.1, 0.15) is 5.82 Å². The van der Waals surface area contributed by atoms with E-state index >= 15 is 0 Å². The maximum Gasteiger partial charge on any atom is 0.128 e. The van der Waals surface area contributed by atoms with Gasteiger partial charge in [-0.05, 0) is 26.2 Å². The normalized spacial score (nSPS) is 17.6. The fourth-order valence-corrected chi connectivity index (χ4v) is 1.51. The van der Waals surface area contributed by atoms with E-state index in [9.17, 15) is 0 Å². The lowest BCUT2D eigenvalue weighted by atomic mass is 10.1. The van der Waals surface area contributed by atoms with E-state index in [-0.39, 0.29) is 0 Å². The summed E-state index contributed by atoms with van der Waals surface area (Å²) in [6.07, 6.45) is 1.85. The minimum Gasteiger partial charge on any atom is -0.353 e. The standard InChI is InChI=1S/C10H15N3/c1-12(2)9-7-13(8-9)10-5-3-4-6-11-10/h3-6,9H,7-8H2,1-2H3. The highest BCUT2D eigenvalue weighted by Gasteiger charge is 2.28. The van der Waals surface area contributed by atoms with Gasteiger partial charge in [0, 0.05) is 25.3 Å². The lowest BCUT2D eigenvalue weighted by Gasteiger charge is -2.43. The first-order valence-corrected chi connectivity index (χ1v) is 4.60. The molecule has 0 aromatic carbocycles. The quantitative estimate of drug-likeness (QED) is 0.667. The Morgan fingerprint density at radius 3 is 2.69 bits per heavy atom. The summed E-state index contributed by atoms with van der Waals surface area (Å²) in [4.78, 5) is 8.86. The summed E-state index contributed by atoms with van der Waals surface area (Å²) in [5, 5.41) is 0. The third kappa shape index (κ3) is 1.65. The Labute approximate surface area is 79.0 Å². The molecule has 0 aliphatic carbocycles. The number of hydrogen-bond donors (Lipinski definition) is 0. The molecular weight excluding hydrogens is 162 g/mol. The lowest BCUT2D eigenvalue weighted by Crippen LogP contribution is -2.57. The maximum atomic E-state index is 4.30. The number of aromatic nitrogens is 1. The number of likely N-dealkylation sites (N-methyl/N-ethyl adjacent to an activating group) is 1. The molecule has 0 spiro atoms. The SMILES string of the molecule is CN(C)C1CN(c2ccccn2)C1. The zero-order chi connectivity index (χ0) is 9.26. The van der Waals surface area contributed by atoms with E-state index in [4.69, 9.17) is 0 Å². The molecule has 2 rings (SSSR count). The molecule has 1 aliphatic rings. The minimum absolute atomic E-state index is 0.696. The first-order chi connectivity index (χ1) is 6.27. The predicted octanol–water partition coefficient (Wildman–Crippen LogP) is 0.832. The van der Waals surface area contributed by atoms with Crippen LogP contribution in [0.5, 0.6) is 0 Å².